The van der Waals surface area contributed by atoms with E-state index in [1.807, 2.05) is 6.20 Å². The number of nitrogens with one attached hydrogen (secondary N) is 1. The van der Waals surface area contributed by atoms with Gasteiger partial charge in [-0.05, 0) is 31.1 Å². The van der Waals surface area contributed by atoms with Crippen LogP contribution in [0.4, 0.5) is 5.95 Å². The molecule has 0 aromatic carbocycles. The molecule has 136 valence electrons. The first-order valence-electron chi connectivity index (χ1n) is 9.51. The van der Waals surface area contributed by atoms with Crippen molar-refractivity contribution in [1.82, 2.24) is 15.3 Å². The van der Waals surface area contributed by atoms with E-state index >= 15 is 0 Å². The summed E-state index contributed by atoms with van der Waals surface area (Å²) >= 11 is 0. The summed E-state index contributed by atoms with van der Waals surface area (Å²) in [6, 6.07) is 0.0330. The highest BCUT2D eigenvalue weighted by atomic mass is 16.5. The van der Waals surface area contributed by atoms with E-state index in [2.05, 4.69) is 29.0 Å². The second-order valence-corrected chi connectivity index (χ2v) is 8.41. The van der Waals surface area contributed by atoms with E-state index in [-0.39, 0.29) is 23.3 Å². The standard InChI is InChI=1S/C19H28N4O2/c1-19(2)10-15(21-17(24)13-4-3-5-13)14-12-20-18(22-16(14)11-19)23-6-8-25-9-7-23/h12-13,15H,3-11H2,1-2H3,(H,21,24). The molecule has 3 aliphatic rings. The number of rotatable bonds is 3. The molecule has 25 heavy (non-hydrogen) atoms. The van der Waals surface area contributed by atoms with E-state index in [1.165, 1.54) is 6.42 Å². The predicted molar refractivity (Wildman–Crippen MR) is 95.4 cm³/mol. The first-order chi connectivity index (χ1) is 12.0. The van der Waals surface area contributed by atoms with Gasteiger partial charge in [-0.1, -0.05) is 20.3 Å². The third-order valence-corrected chi connectivity index (χ3v) is 5.75. The number of fused-ring (bicyclic) bond motifs is 1. The Hall–Kier alpha value is -1.69. The molecule has 0 radical (unpaired) electrons. The number of hydrogen-bond donors (Lipinski definition) is 1. The van der Waals surface area contributed by atoms with Gasteiger partial charge >= 0.3 is 0 Å². The maximum absolute atomic E-state index is 12.5. The molecule has 2 aliphatic carbocycles. The van der Waals surface area contributed by atoms with Gasteiger partial charge < -0.3 is 15.0 Å². The number of carbonyl (C=O) groups is 1. The van der Waals surface area contributed by atoms with Crippen molar-refractivity contribution in [2.24, 2.45) is 11.3 Å². The maximum atomic E-state index is 12.5. The van der Waals surface area contributed by atoms with Crippen LogP contribution in [0, 0.1) is 11.3 Å². The van der Waals surface area contributed by atoms with Gasteiger partial charge in [0, 0.05) is 30.8 Å². The molecule has 4 rings (SSSR count). The van der Waals surface area contributed by atoms with Crippen LogP contribution in [0.5, 0.6) is 0 Å². The smallest absolute Gasteiger partial charge is 0.225 e. The average molecular weight is 344 g/mol. The number of morpholine rings is 1. The summed E-state index contributed by atoms with van der Waals surface area (Å²) in [4.78, 5) is 24.1. The Kier molecular flexibility index (Phi) is 4.40. The number of amides is 1. The Morgan fingerprint density at radius 1 is 1.32 bits per heavy atom. The van der Waals surface area contributed by atoms with E-state index < -0.39 is 0 Å². The molecule has 2 fully saturated rings. The highest BCUT2D eigenvalue weighted by Crippen LogP contribution is 2.40. The van der Waals surface area contributed by atoms with Crippen LogP contribution < -0.4 is 10.2 Å². The molecule has 6 nitrogen and oxygen atoms in total. The van der Waals surface area contributed by atoms with Crippen LogP contribution in [0.25, 0.3) is 0 Å². The predicted octanol–water partition coefficient (Wildman–Crippen LogP) is 2.24. The SMILES string of the molecule is CC1(C)Cc2nc(N3CCOCC3)ncc2C(NC(=O)C2CCC2)C1. The second kappa shape index (κ2) is 6.56. The highest BCUT2D eigenvalue weighted by Gasteiger charge is 2.36. The number of ether oxygens (including phenoxy) is 1. The van der Waals surface area contributed by atoms with Crippen LogP contribution in [0.1, 0.15) is 56.8 Å². The van der Waals surface area contributed by atoms with Crippen LogP contribution in [-0.4, -0.2) is 42.2 Å². The third kappa shape index (κ3) is 3.50. The Bertz CT molecular complexity index is 651. The fourth-order valence-electron chi connectivity index (χ4n) is 4.04. The topological polar surface area (TPSA) is 67.3 Å². The monoisotopic (exact) mass is 344 g/mol. The molecule has 1 aromatic rings. The van der Waals surface area contributed by atoms with Gasteiger partial charge in [-0.3, -0.25) is 4.79 Å². The molecule has 1 amide bonds. The zero-order valence-electron chi connectivity index (χ0n) is 15.3. The lowest BCUT2D eigenvalue weighted by Crippen LogP contribution is -2.42. The lowest BCUT2D eigenvalue weighted by atomic mass is 9.74. The number of carbonyl (C=O) groups excluding carboxylic acids is 1. The Labute approximate surface area is 149 Å². The quantitative estimate of drug-likeness (QED) is 0.911. The lowest BCUT2D eigenvalue weighted by molar-refractivity contribution is -0.128. The van der Waals surface area contributed by atoms with Crippen molar-refractivity contribution in [3.63, 3.8) is 0 Å². The van der Waals surface area contributed by atoms with Gasteiger partial charge in [0.25, 0.3) is 0 Å². The molecule has 1 N–H and O–H groups in total. The molecule has 1 saturated heterocycles. The summed E-state index contributed by atoms with van der Waals surface area (Å²) in [5.41, 5.74) is 2.32. The molecule has 1 atom stereocenters. The van der Waals surface area contributed by atoms with Crippen molar-refractivity contribution < 1.29 is 9.53 Å². The van der Waals surface area contributed by atoms with E-state index in [9.17, 15) is 4.79 Å². The Balaban J connectivity index is 1.57. The first kappa shape index (κ1) is 16.8. The third-order valence-electron chi connectivity index (χ3n) is 5.75. The van der Waals surface area contributed by atoms with E-state index in [4.69, 9.17) is 9.72 Å². The molecule has 1 aliphatic heterocycles. The van der Waals surface area contributed by atoms with Crippen molar-refractivity contribution >= 4 is 11.9 Å². The average Bonchev–Trinajstić information content (AvgIpc) is 2.52. The van der Waals surface area contributed by atoms with Crippen molar-refractivity contribution in [2.45, 2.75) is 52.0 Å². The number of aromatic nitrogens is 2. The van der Waals surface area contributed by atoms with Crippen LogP contribution in [-0.2, 0) is 16.0 Å². The molecule has 1 unspecified atom stereocenters. The van der Waals surface area contributed by atoms with Crippen LogP contribution in [0.15, 0.2) is 6.20 Å². The molecule has 2 heterocycles. The van der Waals surface area contributed by atoms with Crippen LogP contribution >= 0.6 is 0 Å². The van der Waals surface area contributed by atoms with Crippen LogP contribution in [0.3, 0.4) is 0 Å². The van der Waals surface area contributed by atoms with E-state index in [0.29, 0.717) is 0 Å². The van der Waals surface area contributed by atoms with Crippen molar-refractivity contribution in [2.75, 3.05) is 31.2 Å². The summed E-state index contributed by atoms with van der Waals surface area (Å²) < 4.78 is 5.42. The maximum Gasteiger partial charge on any atom is 0.225 e. The number of hydrogen-bond acceptors (Lipinski definition) is 5. The summed E-state index contributed by atoms with van der Waals surface area (Å²) in [6.45, 7) is 7.65. The summed E-state index contributed by atoms with van der Waals surface area (Å²) in [5, 5.41) is 3.28. The van der Waals surface area contributed by atoms with Gasteiger partial charge in [-0.25, -0.2) is 9.97 Å². The molecule has 0 bridgehead atoms. The minimum atomic E-state index is 0.0330. The van der Waals surface area contributed by atoms with Crippen molar-refractivity contribution in [3.05, 3.63) is 17.5 Å². The van der Waals surface area contributed by atoms with Gasteiger partial charge in [0.1, 0.15) is 0 Å². The van der Waals surface area contributed by atoms with Gasteiger partial charge in [-0.15, -0.1) is 0 Å². The van der Waals surface area contributed by atoms with Crippen molar-refractivity contribution in [3.8, 4) is 0 Å². The zero-order valence-corrected chi connectivity index (χ0v) is 15.3. The molecule has 1 aromatic heterocycles. The largest absolute Gasteiger partial charge is 0.378 e. The van der Waals surface area contributed by atoms with Crippen molar-refractivity contribution in [1.29, 1.82) is 0 Å². The van der Waals surface area contributed by atoms with Gasteiger partial charge in [0.15, 0.2) is 0 Å². The molecular formula is C19H28N4O2. The van der Waals surface area contributed by atoms with Crippen LogP contribution in [0.2, 0.25) is 0 Å². The molecule has 0 spiro atoms. The molecule has 6 heteroatoms. The fourth-order valence-corrected chi connectivity index (χ4v) is 4.04. The minimum Gasteiger partial charge on any atom is -0.378 e. The minimum absolute atomic E-state index is 0.0330. The fraction of sp³-hybridized carbons (Fsp3) is 0.737. The van der Waals surface area contributed by atoms with Gasteiger partial charge in [0.05, 0.1) is 24.9 Å². The Morgan fingerprint density at radius 2 is 2.08 bits per heavy atom. The molecule has 1 saturated carbocycles. The lowest BCUT2D eigenvalue weighted by Gasteiger charge is -2.38. The van der Waals surface area contributed by atoms with E-state index in [1.54, 1.807) is 0 Å². The van der Waals surface area contributed by atoms with Gasteiger partial charge in [-0.2, -0.15) is 0 Å². The van der Waals surface area contributed by atoms with E-state index in [0.717, 1.165) is 69.2 Å². The zero-order chi connectivity index (χ0) is 17.4. The molecular weight excluding hydrogens is 316 g/mol. The summed E-state index contributed by atoms with van der Waals surface area (Å²) in [7, 11) is 0. The number of anilines is 1. The first-order valence-corrected chi connectivity index (χ1v) is 9.51. The number of nitrogens with zero attached hydrogens (tertiary/aromatic N) is 3. The highest BCUT2D eigenvalue weighted by molar-refractivity contribution is 5.79. The summed E-state index contributed by atoms with van der Waals surface area (Å²) in [6.07, 6.45) is 7.05. The summed E-state index contributed by atoms with van der Waals surface area (Å²) in [5.74, 6) is 1.21. The normalized spacial score (nSPS) is 25.8. The second-order valence-electron chi connectivity index (χ2n) is 8.41. The van der Waals surface area contributed by atoms with Gasteiger partial charge in [0.2, 0.25) is 11.9 Å². The Morgan fingerprint density at radius 3 is 2.76 bits per heavy atom.